The largest absolute Gasteiger partial charge is 0.506 e. The number of ketones is 3. The fourth-order valence-corrected chi connectivity index (χ4v) is 3.79. The van der Waals surface area contributed by atoms with Crippen LogP contribution >= 0.6 is 0 Å². The van der Waals surface area contributed by atoms with Gasteiger partial charge in [-0.25, -0.2) is 4.79 Å². The van der Waals surface area contributed by atoms with Crippen molar-refractivity contribution in [3.05, 3.63) is 93.8 Å². The minimum atomic E-state index is -5.38. The number of carbonyl (C=O) groups excluding carboxylic acids is 3. The van der Waals surface area contributed by atoms with Crippen LogP contribution in [0.4, 0.5) is 30.2 Å². The van der Waals surface area contributed by atoms with Crippen LogP contribution in [-0.2, 0) is 0 Å². The van der Waals surface area contributed by atoms with E-state index in [-0.39, 0.29) is 82.9 Å². The molecule has 0 aliphatic heterocycles. The van der Waals surface area contributed by atoms with Gasteiger partial charge in [0.15, 0.2) is 17.1 Å². The van der Waals surface area contributed by atoms with Crippen molar-refractivity contribution >= 4 is 45.4 Å². The molecule has 0 fully saturated rings. The first-order chi connectivity index (χ1) is 17.4. The van der Waals surface area contributed by atoms with Gasteiger partial charge in [0.2, 0.25) is 0 Å². The second-order valence-electron chi connectivity index (χ2n) is 8.16. The van der Waals surface area contributed by atoms with Crippen LogP contribution < -0.4 is 10.5 Å². The van der Waals surface area contributed by atoms with Gasteiger partial charge in [-0.1, -0.05) is 0 Å². The Morgan fingerprint density at radius 1 is 0.775 bits per heavy atom. The number of alkyl halides is 3. The van der Waals surface area contributed by atoms with Crippen LogP contribution in [0.25, 0.3) is 11.0 Å². The Labute approximate surface area is 265 Å². The average molecular weight is 697 g/mol. The molecule has 0 saturated carbocycles. The van der Waals surface area contributed by atoms with Gasteiger partial charge in [0.25, 0.3) is 5.78 Å². The first-order valence-corrected chi connectivity index (χ1v) is 10.8. The van der Waals surface area contributed by atoms with E-state index in [9.17, 15) is 37.5 Å². The Morgan fingerprint density at radius 3 is 1.60 bits per heavy atom. The second kappa shape index (κ2) is 13.4. The third-order valence-corrected chi connectivity index (χ3v) is 5.67. The molecule has 3 aromatic carbocycles. The number of nitrogens with zero attached hydrogens (tertiary/aromatic N) is 1. The van der Waals surface area contributed by atoms with Crippen LogP contribution in [0.3, 0.4) is 0 Å². The van der Waals surface area contributed by atoms with Crippen LogP contribution in [0.5, 0.6) is 5.75 Å². The summed E-state index contributed by atoms with van der Waals surface area (Å²) in [6, 6.07) is 17.1. The topological polar surface area (TPSA) is 168 Å². The van der Waals surface area contributed by atoms with Crippen LogP contribution in [0.15, 0.2) is 75.9 Å². The summed E-state index contributed by atoms with van der Waals surface area (Å²) in [6.07, 6.45) is -5.38. The average Bonchev–Trinajstić information content (AvgIpc) is 2.84. The third kappa shape index (κ3) is 6.91. The number of benzene rings is 3. The van der Waals surface area contributed by atoms with E-state index < -0.39 is 28.9 Å². The van der Waals surface area contributed by atoms with Gasteiger partial charge in [0.05, 0.1) is 5.39 Å². The number of halogens is 3. The van der Waals surface area contributed by atoms with Gasteiger partial charge in [0, 0.05) is 83.6 Å². The molecule has 1 aromatic heterocycles. The van der Waals surface area contributed by atoms with Gasteiger partial charge >= 0.3 is 11.8 Å². The molecule has 211 valence electrons. The molecule has 40 heavy (non-hydrogen) atoms. The smallest absolute Gasteiger partial charge is 0.455 e. The Balaban J connectivity index is 0.00000267. The molecule has 1 radical (unpaired) electrons. The van der Waals surface area contributed by atoms with E-state index in [0.717, 1.165) is 0 Å². The summed E-state index contributed by atoms with van der Waals surface area (Å²) in [5, 5.41) is 10.1. The molecule has 4 rings (SSSR count). The molecule has 13 heteroatoms. The fraction of sp³-hybridized carbons (Fsp3) is 0.111. The van der Waals surface area contributed by atoms with E-state index in [1.165, 1.54) is 32.0 Å². The number of hydrogen-bond donors (Lipinski definition) is 1. The Morgan fingerprint density at radius 2 is 1.20 bits per heavy atom. The quantitative estimate of drug-likeness (QED) is 0.229. The summed E-state index contributed by atoms with van der Waals surface area (Å²) in [5.74, 6) is -3.93. The summed E-state index contributed by atoms with van der Waals surface area (Å²) < 4.78 is 43.7. The van der Waals surface area contributed by atoms with E-state index in [2.05, 4.69) is 0 Å². The molecular formula is C27H22EuF3NO8. The third-order valence-electron chi connectivity index (χ3n) is 5.67. The van der Waals surface area contributed by atoms with Crippen molar-refractivity contribution < 1.29 is 97.4 Å². The van der Waals surface area contributed by atoms with Gasteiger partial charge in [-0.3, -0.25) is 14.4 Å². The minimum Gasteiger partial charge on any atom is -0.506 e. The zero-order valence-electron chi connectivity index (χ0n) is 20.8. The first kappa shape index (κ1) is 34.8. The predicted molar refractivity (Wildman–Crippen MR) is 136 cm³/mol. The van der Waals surface area contributed by atoms with Gasteiger partial charge in [-0.05, 0) is 74.5 Å². The van der Waals surface area contributed by atoms with Gasteiger partial charge in [-0.15, -0.1) is 0 Å². The molecule has 0 unspecified atom stereocenters. The van der Waals surface area contributed by atoms with Crippen molar-refractivity contribution in [3.8, 4) is 5.75 Å². The maximum absolute atomic E-state index is 12.9. The summed E-state index contributed by atoms with van der Waals surface area (Å²) in [5.41, 5.74) is -0.956. The van der Waals surface area contributed by atoms with Crippen molar-refractivity contribution in [2.75, 3.05) is 4.90 Å². The molecule has 9 nitrogen and oxygen atoms in total. The molecule has 1 heterocycles. The molecule has 0 saturated heterocycles. The van der Waals surface area contributed by atoms with Crippen LogP contribution in [0, 0.1) is 49.4 Å². The Bertz CT molecular complexity index is 1560. The molecule has 5 N–H and O–H groups in total. The Hall–Kier alpha value is -3.23. The van der Waals surface area contributed by atoms with Crippen molar-refractivity contribution in [3.63, 3.8) is 0 Å². The van der Waals surface area contributed by atoms with Crippen LogP contribution in [0.2, 0.25) is 0 Å². The Kier molecular flexibility index (Phi) is 11.7. The summed E-state index contributed by atoms with van der Waals surface area (Å²) in [6.45, 7) is 2.84. The molecule has 0 aliphatic carbocycles. The molecule has 0 aliphatic rings. The van der Waals surface area contributed by atoms with E-state index in [1.807, 2.05) is 0 Å². The number of rotatable bonds is 6. The van der Waals surface area contributed by atoms with Crippen LogP contribution in [-0.4, -0.2) is 39.6 Å². The van der Waals surface area contributed by atoms with Gasteiger partial charge in [0.1, 0.15) is 11.3 Å². The standard InChI is InChI=1S/C27H18F3NO6.Eu.2H2O/c1-14(32)16-3-7-18(8-4-16)31(19-9-5-17(6-10-19)15(2)33)20-11-12-21-22(13-20)37-26(36)23(24(21)34)25(35)27(28,29)30;;;/h3-13,34H,1-2H3;;2*1H2. The number of Topliss-reactive ketones (excluding diaryl/α,β-unsaturated/α-hetero) is 3. The molecule has 4 aromatic rings. The molecule has 0 amide bonds. The fourth-order valence-electron chi connectivity index (χ4n) is 3.79. The predicted octanol–water partition coefficient (Wildman–Crippen LogP) is 4.47. The number of aromatic hydroxyl groups is 1. The SMILES string of the molecule is CC(=O)c1ccc(N(c2ccc(C(C)=O)cc2)c2ccc3c(O)c(C(=O)C(F)(F)F)c(=O)oc3c2)cc1.O.O.[Eu]. The number of hydrogen-bond acceptors (Lipinski definition) is 7. The van der Waals surface area contributed by atoms with E-state index in [1.54, 1.807) is 53.4 Å². The number of anilines is 3. The monoisotopic (exact) mass is 698 g/mol. The van der Waals surface area contributed by atoms with E-state index in [4.69, 9.17) is 4.42 Å². The number of carbonyl (C=O) groups is 3. The van der Waals surface area contributed by atoms with E-state index in [0.29, 0.717) is 28.2 Å². The zero-order chi connectivity index (χ0) is 27.1. The molecule has 0 bridgehead atoms. The molecule has 0 atom stereocenters. The minimum absolute atomic E-state index is 0. The molecule has 0 spiro atoms. The van der Waals surface area contributed by atoms with Crippen LogP contribution in [0.1, 0.15) is 44.9 Å². The van der Waals surface area contributed by atoms with Gasteiger partial charge < -0.3 is 25.4 Å². The van der Waals surface area contributed by atoms with Crippen molar-refractivity contribution in [1.82, 2.24) is 0 Å². The summed E-state index contributed by atoms with van der Waals surface area (Å²) in [4.78, 5) is 49.0. The maximum Gasteiger partial charge on any atom is 0.455 e. The van der Waals surface area contributed by atoms with E-state index >= 15 is 0 Å². The maximum atomic E-state index is 12.9. The first-order valence-electron chi connectivity index (χ1n) is 10.8. The molecular weight excluding hydrogens is 675 g/mol. The van der Waals surface area contributed by atoms with Crippen molar-refractivity contribution in [2.45, 2.75) is 20.0 Å². The number of fused-ring (bicyclic) bond motifs is 1. The second-order valence-corrected chi connectivity index (χ2v) is 8.16. The normalized spacial score (nSPS) is 10.5. The zero-order valence-corrected chi connectivity index (χ0v) is 23.2. The van der Waals surface area contributed by atoms with Crippen molar-refractivity contribution in [1.29, 1.82) is 0 Å². The van der Waals surface area contributed by atoms with Crippen molar-refractivity contribution in [2.24, 2.45) is 0 Å². The summed E-state index contributed by atoms with van der Waals surface area (Å²) in [7, 11) is 0. The summed E-state index contributed by atoms with van der Waals surface area (Å²) >= 11 is 0. The van der Waals surface area contributed by atoms with Gasteiger partial charge in [-0.2, -0.15) is 13.2 Å².